The summed E-state index contributed by atoms with van der Waals surface area (Å²) in [5, 5.41) is 3.01. The van der Waals surface area contributed by atoms with E-state index in [-0.39, 0.29) is 12.0 Å². The predicted molar refractivity (Wildman–Crippen MR) is 103 cm³/mol. The third-order valence-corrected chi connectivity index (χ3v) is 4.47. The first-order valence-electron chi connectivity index (χ1n) is 8.97. The summed E-state index contributed by atoms with van der Waals surface area (Å²) in [6, 6.07) is 14.0. The van der Waals surface area contributed by atoms with Crippen LogP contribution in [-0.4, -0.2) is 38.8 Å². The number of aryl methyl sites for hydroxylation is 1. The van der Waals surface area contributed by atoms with Gasteiger partial charge in [-0.3, -0.25) is 4.79 Å². The van der Waals surface area contributed by atoms with Gasteiger partial charge in [-0.2, -0.15) is 0 Å². The van der Waals surface area contributed by atoms with Crippen molar-refractivity contribution in [2.75, 3.05) is 31.6 Å². The Morgan fingerprint density at radius 2 is 2.15 bits per heavy atom. The van der Waals surface area contributed by atoms with Crippen molar-refractivity contribution in [2.45, 2.75) is 26.4 Å². The Balaban J connectivity index is 1.56. The number of hydrogen-bond donors (Lipinski definition) is 1. The molecule has 0 radical (unpaired) electrons. The van der Waals surface area contributed by atoms with Crippen LogP contribution in [0.1, 0.15) is 18.1 Å². The molecule has 0 saturated carbocycles. The van der Waals surface area contributed by atoms with Gasteiger partial charge >= 0.3 is 0 Å². The first kappa shape index (κ1) is 18.1. The summed E-state index contributed by atoms with van der Waals surface area (Å²) in [5.74, 6) is 1.70. The lowest BCUT2D eigenvalue weighted by molar-refractivity contribution is -0.119. The van der Waals surface area contributed by atoms with Crippen molar-refractivity contribution >= 4 is 11.6 Å². The van der Waals surface area contributed by atoms with Crippen molar-refractivity contribution in [3.05, 3.63) is 53.6 Å². The Morgan fingerprint density at radius 1 is 1.31 bits per heavy atom. The molecule has 138 valence electrons. The average Bonchev–Trinajstić information content (AvgIpc) is 2.62. The van der Waals surface area contributed by atoms with E-state index in [1.54, 1.807) is 7.11 Å². The monoisotopic (exact) mass is 354 g/mol. The lowest BCUT2D eigenvalue weighted by Crippen LogP contribution is -2.44. The van der Waals surface area contributed by atoms with E-state index in [1.165, 1.54) is 0 Å². The molecular weight excluding hydrogens is 328 g/mol. The zero-order chi connectivity index (χ0) is 18.5. The van der Waals surface area contributed by atoms with E-state index < -0.39 is 0 Å². The zero-order valence-electron chi connectivity index (χ0n) is 15.6. The Kier molecular flexibility index (Phi) is 5.66. The van der Waals surface area contributed by atoms with Crippen LogP contribution in [0.15, 0.2) is 42.5 Å². The van der Waals surface area contributed by atoms with Crippen LogP contribution >= 0.6 is 0 Å². The van der Waals surface area contributed by atoms with E-state index >= 15 is 0 Å². The summed E-state index contributed by atoms with van der Waals surface area (Å²) in [6.45, 7) is 5.72. The number of anilines is 1. The Bertz CT molecular complexity index is 776. The number of carbonyl (C=O) groups is 1. The number of rotatable bonds is 6. The van der Waals surface area contributed by atoms with Gasteiger partial charge in [-0.1, -0.05) is 18.2 Å². The molecule has 0 bridgehead atoms. The number of hydrogen-bond acceptors (Lipinski definition) is 4. The first-order valence-corrected chi connectivity index (χ1v) is 8.97. The molecule has 1 aliphatic rings. The molecule has 26 heavy (non-hydrogen) atoms. The van der Waals surface area contributed by atoms with E-state index in [9.17, 15) is 4.79 Å². The minimum absolute atomic E-state index is 0.0226. The summed E-state index contributed by atoms with van der Waals surface area (Å²) in [7, 11) is 1.66. The topological polar surface area (TPSA) is 50.8 Å². The molecule has 1 amide bonds. The van der Waals surface area contributed by atoms with Gasteiger partial charge in [0.05, 0.1) is 25.9 Å². The van der Waals surface area contributed by atoms with Gasteiger partial charge in [0.1, 0.15) is 17.6 Å². The molecule has 1 heterocycles. The van der Waals surface area contributed by atoms with Crippen LogP contribution in [0.4, 0.5) is 5.69 Å². The van der Waals surface area contributed by atoms with Gasteiger partial charge in [0.2, 0.25) is 5.91 Å². The molecule has 0 spiro atoms. The number of fused-ring (bicyclic) bond motifs is 1. The molecular formula is C21H26N2O3. The van der Waals surface area contributed by atoms with Gasteiger partial charge in [0.15, 0.2) is 0 Å². The van der Waals surface area contributed by atoms with Crippen molar-refractivity contribution in [2.24, 2.45) is 0 Å². The van der Waals surface area contributed by atoms with Gasteiger partial charge < -0.3 is 19.7 Å². The highest BCUT2D eigenvalue weighted by molar-refractivity contribution is 5.82. The van der Waals surface area contributed by atoms with Crippen LogP contribution in [-0.2, 0) is 11.2 Å². The standard InChI is InChI=1S/C21H26N2O3/c1-15-7-8-20-19(11-15)23(13-16(2)26-20)14-21(24)22-10-9-17-5-4-6-18(12-17)25-3/h4-8,11-12,16H,9-10,13-14H2,1-3H3,(H,22,24)/t16-/m1/s1. The number of amides is 1. The highest BCUT2D eigenvalue weighted by atomic mass is 16.5. The van der Waals surface area contributed by atoms with Crippen LogP contribution in [0.3, 0.4) is 0 Å². The van der Waals surface area contributed by atoms with Crippen molar-refractivity contribution in [1.82, 2.24) is 5.32 Å². The van der Waals surface area contributed by atoms with Crippen LogP contribution in [0, 0.1) is 6.92 Å². The second-order valence-electron chi connectivity index (χ2n) is 6.73. The second kappa shape index (κ2) is 8.13. The molecule has 3 rings (SSSR count). The molecule has 2 aromatic carbocycles. The summed E-state index contributed by atoms with van der Waals surface area (Å²) < 4.78 is 11.1. The molecule has 1 N–H and O–H groups in total. The molecule has 1 aliphatic heterocycles. The van der Waals surface area contributed by atoms with Gasteiger partial charge in [0, 0.05) is 6.54 Å². The molecule has 0 aromatic heterocycles. The minimum Gasteiger partial charge on any atom is -0.497 e. The molecule has 0 fully saturated rings. The summed E-state index contributed by atoms with van der Waals surface area (Å²) in [4.78, 5) is 14.5. The van der Waals surface area contributed by atoms with Gasteiger partial charge in [-0.05, 0) is 55.7 Å². The summed E-state index contributed by atoms with van der Waals surface area (Å²) in [6.07, 6.45) is 0.841. The van der Waals surface area contributed by atoms with E-state index in [4.69, 9.17) is 9.47 Å². The fourth-order valence-electron chi connectivity index (χ4n) is 3.19. The van der Waals surface area contributed by atoms with E-state index in [0.717, 1.165) is 34.7 Å². The zero-order valence-corrected chi connectivity index (χ0v) is 15.6. The summed E-state index contributed by atoms with van der Waals surface area (Å²) in [5.41, 5.74) is 3.29. The fourth-order valence-corrected chi connectivity index (χ4v) is 3.19. The lowest BCUT2D eigenvalue weighted by atomic mass is 10.1. The maximum Gasteiger partial charge on any atom is 0.239 e. The molecule has 5 nitrogen and oxygen atoms in total. The predicted octanol–water partition coefficient (Wildman–Crippen LogP) is 2.95. The minimum atomic E-state index is 0.0226. The van der Waals surface area contributed by atoms with Gasteiger partial charge in [0.25, 0.3) is 0 Å². The molecule has 1 atom stereocenters. The van der Waals surface area contributed by atoms with Crippen LogP contribution in [0.5, 0.6) is 11.5 Å². The number of carbonyl (C=O) groups excluding carboxylic acids is 1. The normalized spacial score (nSPS) is 15.8. The largest absolute Gasteiger partial charge is 0.497 e. The number of ether oxygens (including phenoxy) is 2. The van der Waals surface area contributed by atoms with Crippen LogP contribution in [0.2, 0.25) is 0 Å². The Hall–Kier alpha value is -2.69. The fraction of sp³-hybridized carbons (Fsp3) is 0.381. The Morgan fingerprint density at radius 3 is 2.96 bits per heavy atom. The van der Waals surface area contributed by atoms with Crippen molar-refractivity contribution in [3.8, 4) is 11.5 Å². The van der Waals surface area contributed by atoms with Crippen molar-refractivity contribution < 1.29 is 14.3 Å². The quantitative estimate of drug-likeness (QED) is 0.867. The van der Waals surface area contributed by atoms with Gasteiger partial charge in [-0.15, -0.1) is 0 Å². The Labute approximate surface area is 154 Å². The molecule has 2 aromatic rings. The van der Waals surface area contributed by atoms with E-state index in [2.05, 4.69) is 16.3 Å². The lowest BCUT2D eigenvalue weighted by Gasteiger charge is -2.34. The van der Waals surface area contributed by atoms with Crippen LogP contribution in [0.25, 0.3) is 0 Å². The third-order valence-electron chi connectivity index (χ3n) is 4.47. The molecule has 5 heteroatoms. The maximum atomic E-state index is 12.4. The molecule has 0 aliphatic carbocycles. The number of nitrogens with one attached hydrogen (secondary N) is 1. The second-order valence-corrected chi connectivity index (χ2v) is 6.73. The third kappa shape index (κ3) is 4.48. The number of methoxy groups -OCH3 is 1. The highest BCUT2D eigenvalue weighted by Gasteiger charge is 2.24. The molecule has 0 unspecified atom stereocenters. The first-order chi connectivity index (χ1) is 12.5. The number of nitrogens with zero attached hydrogens (tertiary/aromatic N) is 1. The van der Waals surface area contributed by atoms with Gasteiger partial charge in [-0.25, -0.2) is 0 Å². The highest BCUT2D eigenvalue weighted by Crippen LogP contribution is 2.33. The average molecular weight is 354 g/mol. The molecule has 0 saturated heterocycles. The van der Waals surface area contributed by atoms with Crippen molar-refractivity contribution in [1.29, 1.82) is 0 Å². The van der Waals surface area contributed by atoms with Crippen LogP contribution < -0.4 is 19.7 Å². The van der Waals surface area contributed by atoms with E-state index in [1.807, 2.05) is 50.2 Å². The maximum absolute atomic E-state index is 12.4. The smallest absolute Gasteiger partial charge is 0.239 e. The number of benzene rings is 2. The van der Waals surface area contributed by atoms with Crippen molar-refractivity contribution in [3.63, 3.8) is 0 Å². The van der Waals surface area contributed by atoms with E-state index in [0.29, 0.717) is 19.6 Å². The summed E-state index contributed by atoms with van der Waals surface area (Å²) >= 11 is 0. The SMILES string of the molecule is COc1cccc(CCNC(=O)CN2C[C@@H](C)Oc3ccc(C)cc32)c1.